The predicted molar refractivity (Wildman–Crippen MR) is 84.6 cm³/mol. The van der Waals surface area contributed by atoms with Crippen molar-refractivity contribution in [2.45, 2.75) is 31.1 Å². The van der Waals surface area contributed by atoms with Gasteiger partial charge < -0.3 is 19.9 Å². The molecule has 1 fully saturated rings. The van der Waals surface area contributed by atoms with Crippen molar-refractivity contribution in [1.29, 1.82) is 0 Å². The van der Waals surface area contributed by atoms with Crippen LogP contribution in [-0.4, -0.2) is 43.9 Å². The van der Waals surface area contributed by atoms with Crippen LogP contribution in [-0.2, 0) is 19.7 Å². The van der Waals surface area contributed by atoms with Gasteiger partial charge in [0.2, 0.25) is 5.91 Å². The summed E-state index contributed by atoms with van der Waals surface area (Å²) in [4.78, 5) is 22.4. The largest absolute Gasteiger partial charge is 0.496 e. The van der Waals surface area contributed by atoms with Crippen molar-refractivity contribution in [2.24, 2.45) is 0 Å². The number of methoxy groups -OCH3 is 1. The topological polar surface area (TPSA) is 84.9 Å². The molecule has 0 radical (unpaired) electrons. The number of hydrogen-bond donors (Lipinski definition) is 2. The molecule has 1 aromatic rings. The van der Waals surface area contributed by atoms with Crippen molar-refractivity contribution >= 4 is 11.9 Å². The minimum atomic E-state index is -0.967. The summed E-state index contributed by atoms with van der Waals surface area (Å²) in [5.74, 6) is -0.409. The molecule has 1 aromatic carbocycles. The molecular formula is C17H23NO5. The van der Waals surface area contributed by atoms with E-state index in [1.54, 1.807) is 7.11 Å². The third-order valence-electron chi connectivity index (χ3n) is 4.32. The summed E-state index contributed by atoms with van der Waals surface area (Å²) in [5, 5.41) is 11.5. The number of carboxylic acids is 1. The van der Waals surface area contributed by atoms with Crippen LogP contribution in [0, 0.1) is 0 Å². The number of rotatable bonds is 7. The van der Waals surface area contributed by atoms with Crippen molar-refractivity contribution < 1.29 is 24.2 Å². The molecule has 0 bridgehead atoms. The van der Waals surface area contributed by atoms with E-state index in [0.717, 1.165) is 24.2 Å². The number of nitrogens with one attached hydrogen (secondary N) is 1. The second kappa shape index (κ2) is 7.97. The third kappa shape index (κ3) is 4.45. The third-order valence-corrected chi connectivity index (χ3v) is 4.32. The molecule has 1 aliphatic rings. The van der Waals surface area contributed by atoms with Crippen LogP contribution in [0.2, 0.25) is 0 Å². The fourth-order valence-electron chi connectivity index (χ4n) is 2.96. The number of carbonyl (C=O) groups is 2. The van der Waals surface area contributed by atoms with Crippen molar-refractivity contribution in [3.05, 3.63) is 29.8 Å². The lowest BCUT2D eigenvalue weighted by Crippen LogP contribution is -2.44. The number of amides is 1. The van der Waals surface area contributed by atoms with E-state index < -0.39 is 5.97 Å². The van der Waals surface area contributed by atoms with Crippen LogP contribution in [0.4, 0.5) is 0 Å². The Morgan fingerprint density at radius 3 is 2.61 bits per heavy atom. The Morgan fingerprint density at radius 2 is 1.96 bits per heavy atom. The second-order valence-electron chi connectivity index (χ2n) is 5.76. The van der Waals surface area contributed by atoms with E-state index in [1.165, 1.54) is 0 Å². The number of aliphatic carboxylic acids is 1. The summed E-state index contributed by atoms with van der Waals surface area (Å²) in [7, 11) is 1.64. The van der Waals surface area contributed by atoms with E-state index in [9.17, 15) is 9.59 Å². The monoisotopic (exact) mass is 321 g/mol. The Balaban J connectivity index is 2.13. The fourth-order valence-corrected chi connectivity index (χ4v) is 2.96. The minimum Gasteiger partial charge on any atom is -0.496 e. The van der Waals surface area contributed by atoms with Crippen LogP contribution in [0.1, 0.15) is 31.2 Å². The quantitative estimate of drug-likeness (QED) is 0.799. The van der Waals surface area contributed by atoms with Gasteiger partial charge in [-0.25, -0.2) is 0 Å². The molecule has 0 aliphatic carbocycles. The van der Waals surface area contributed by atoms with Gasteiger partial charge in [-0.3, -0.25) is 9.59 Å². The Kier molecular flexibility index (Phi) is 5.98. The SMILES string of the molecule is COc1ccccc1C1(CNC(=O)CCC(=O)O)CCOCC1. The van der Waals surface area contributed by atoms with Gasteiger partial charge in [-0.05, 0) is 18.9 Å². The first-order chi connectivity index (χ1) is 11.1. The highest BCUT2D eigenvalue weighted by Gasteiger charge is 2.37. The average molecular weight is 321 g/mol. The van der Waals surface area contributed by atoms with E-state index in [-0.39, 0.29) is 24.2 Å². The van der Waals surface area contributed by atoms with Crippen molar-refractivity contribution in [1.82, 2.24) is 5.32 Å². The molecule has 1 aliphatic heterocycles. The Hall–Kier alpha value is -2.08. The summed E-state index contributed by atoms with van der Waals surface area (Å²) in [6.07, 6.45) is 1.41. The van der Waals surface area contributed by atoms with Crippen LogP contribution in [0.15, 0.2) is 24.3 Å². The molecule has 0 aromatic heterocycles. The van der Waals surface area contributed by atoms with Gasteiger partial charge in [0.25, 0.3) is 0 Å². The molecule has 1 heterocycles. The van der Waals surface area contributed by atoms with E-state index >= 15 is 0 Å². The molecular weight excluding hydrogens is 298 g/mol. The normalized spacial score (nSPS) is 16.6. The average Bonchev–Trinajstić information content (AvgIpc) is 2.59. The van der Waals surface area contributed by atoms with Gasteiger partial charge in [-0.2, -0.15) is 0 Å². The number of hydrogen-bond acceptors (Lipinski definition) is 4. The zero-order valence-electron chi connectivity index (χ0n) is 13.3. The van der Waals surface area contributed by atoms with E-state index in [0.29, 0.717) is 19.8 Å². The minimum absolute atomic E-state index is 0.00611. The number of benzene rings is 1. The molecule has 126 valence electrons. The van der Waals surface area contributed by atoms with Gasteiger partial charge in [-0.1, -0.05) is 18.2 Å². The zero-order chi connectivity index (χ0) is 16.7. The van der Waals surface area contributed by atoms with Gasteiger partial charge >= 0.3 is 5.97 Å². The van der Waals surface area contributed by atoms with Gasteiger partial charge in [0.05, 0.1) is 13.5 Å². The standard InChI is InChI=1S/C17H23NO5/c1-22-14-5-3-2-4-13(14)17(8-10-23-11-9-17)12-18-15(19)6-7-16(20)21/h2-5H,6-12H2,1H3,(H,18,19)(H,20,21). The van der Waals surface area contributed by atoms with E-state index in [4.69, 9.17) is 14.6 Å². The van der Waals surface area contributed by atoms with Crippen LogP contribution in [0.5, 0.6) is 5.75 Å². The summed E-state index contributed by atoms with van der Waals surface area (Å²) < 4.78 is 11.0. The first-order valence-corrected chi connectivity index (χ1v) is 7.77. The van der Waals surface area contributed by atoms with Crippen LogP contribution in [0.25, 0.3) is 0 Å². The molecule has 2 rings (SSSR count). The summed E-state index contributed by atoms with van der Waals surface area (Å²) in [6.45, 7) is 1.71. The number of carboxylic acid groups (broad SMARTS) is 1. The van der Waals surface area contributed by atoms with Gasteiger partial charge in [0.1, 0.15) is 5.75 Å². The Labute approximate surface area is 135 Å². The molecule has 6 heteroatoms. The number of para-hydroxylation sites is 1. The first-order valence-electron chi connectivity index (χ1n) is 7.77. The van der Waals surface area contributed by atoms with Crippen molar-refractivity contribution in [3.8, 4) is 5.75 Å². The molecule has 0 unspecified atom stereocenters. The lowest BCUT2D eigenvalue weighted by Gasteiger charge is -2.38. The molecule has 0 saturated carbocycles. The molecule has 1 amide bonds. The highest BCUT2D eigenvalue weighted by molar-refractivity contribution is 5.80. The molecule has 0 spiro atoms. The van der Waals surface area contributed by atoms with Gasteiger partial charge in [0.15, 0.2) is 0 Å². The van der Waals surface area contributed by atoms with Crippen LogP contribution < -0.4 is 10.1 Å². The first kappa shape index (κ1) is 17.3. The zero-order valence-corrected chi connectivity index (χ0v) is 13.3. The molecule has 1 saturated heterocycles. The lowest BCUT2D eigenvalue weighted by molar-refractivity contribution is -0.138. The maximum Gasteiger partial charge on any atom is 0.303 e. The maximum atomic E-state index is 11.9. The highest BCUT2D eigenvalue weighted by Crippen LogP contribution is 2.39. The van der Waals surface area contributed by atoms with E-state index in [2.05, 4.69) is 5.32 Å². The molecule has 0 atom stereocenters. The summed E-state index contributed by atoms with van der Waals surface area (Å²) >= 11 is 0. The highest BCUT2D eigenvalue weighted by atomic mass is 16.5. The summed E-state index contributed by atoms with van der Waals surface area (Å²) in [5.41, 5.74) is 0.813. The molecule has 2 N–H and O–H groups in total. The maximum absolute atomic E-state index is 11.9. The molecule has 23 heavy (non-hydrogen) atoms. The Morgan fingerprint density at radius 1 is 1.26 bits per heavy atom. The molecule has 6 nitrogen and oxygen atoms in total. The number of ether oxygens (including phenoxy) is 2. The predicted octanol–water partition coefficient (Wildman–Crippen LogP) is 1.72. The second-order valence-corrected chi connectivity index (χ2v) is 5.76. The van der Waals surface area contributed by atoms with Gasteiger partial charge in [-0.15, -0.1) is 0 Å². The van der Waals surface area contributed by atoms with E-state index in [1.807, 2.05) is 24.3 Å². The van der Waals surface area contributed by atoms with Crippen LogP contribution >= 0.6 is 0 Å². The Bertz CT molecular complexity index is 552. The fraction of sp³-hybridized carbons (Fsp3) is 0.529. The smallest absolute Gasteiger partial charge is 0.303 e. The van der Waals surface area contributed by atoms with Crippen molar-refractivity contribution in [3.63, 3.8) is 0 Å². The van der Waals surface area contributed by atoms with Gasteiger partial charge in [0, 0.05) is 37.2 Å². The lowest BCUT2D eigenvalue weighted by atomic mass is 9.73. The number of carbonyl (C=O) groups excluding carboxylic acids is 1. The van der Waals surface area contributed by atoms with Crippen LogP contribution in [0.3, 0.4) is 0 Å². The van der Waals surface area contributed by atoms with Crippen molar-refractivity contribution in [2.75, 3.05) is 26.9 Å². The summed E-state index contributed by atoms with van der Waals surface area (Å²) in [6, 6.07) is 7.81.